The van der Waals surface area contributed by atoms with E-state index >= 15 is 8.78 Å². The van der Waals surface area contributed by atoms with Crippen molar-refractivity contribution in [3.63, 3.8) is 0 Å². The summed E-state index contributed by atoms with van der Waals surface area (Å²) in [6.07, 6.45) is 1.31. The van der Waals surface area contributed by atoms with Gasteiger partial charge in [0.25, 0.3) is 5.79 Å². The first-order valence-corrected chi connectivity index (χ1v) is 10.7. The Kier molecular flexibility index (Phi) is 6.45. The number of nitrogens with zero attached hydrogens (tertiary/aromatic N) is 1. The van der Waals surface area contributed by atoms with Gasteiger partial charge in [-0.1, -0.05) is 30.8 Å². The molecule has 0 saturated carbocycles. The van der Waals surface area contributed by atoms with Crippen LogP contribution in [0.5, 0.6) is 0 Å². The lowest BCUT2D eigenvalue weighted by atomic mass is 10.0. The minimum atomic E-state index is -6.56. The maximum atomic E-state index is 15.0. The van der Waals surface area contributed by atoms with E-state index in [4.69, 9.17) is 9.47 Å². The Morgan fingerprint density at radius 2 is 1.49 bits per heavy atom. The van der Waals surface area contributed by atoms with E-state index in [0.717, 1.165) is 12.1 Å². The van der Waals surface area contributed by atoms with Crippen molar-refractivity contribution in [2.75, 3.05) is 4.90 Å². The summed E-state index contributed by atoms with van der Waals surface area (Å²) < 4.78 is 123. The van der Waals surface area contributed by atoms with Crippen LogP contribution in [-0.4, -0.2) is 41.5 Å². The predicted molar refractivity (Wildman–Crippen MR) is 107 cm³/mol. The highest BCUT2D eigenvalue weighted by Crippen LogP contribution is 2.59. The Morgan fingerprint density at radius 3 is 2.00 bits per heavy atom. The van der Waals surface area contributed by atoms with Crippen LogP contribution in [0, 0.1) is 0 Å². The Morgan fingerprint density at radius 1 is 0.943 bits per heavy atom. The van der Waals surface area contributed by atoms with Crippen molar-refractivity contribution in [1.29, 1.82) is 0 Å². The molecule has 1 aromatic rings. The molecule has 0 bridgehead atoms. The van der Waals surface area contributed by atoms with Crippen LogP contribution in [0.25, 0.3) is 0 Å². The van der Waals surface area contributed by atoms with Crippen molar-refractivity contribution in [1.82, 2.24) is 0 Å². The Labute approximate surface area is 197 Å². The second kappa shape index (κ2) is 8.42. The highest BCUT2D eigenvalue weighted by Gasteiger charge is 2.81. The zero-order valence-corrected chi connectivity index (χ0v) is 19.0. The van der Waals surface area contributed by atoms with Gasteiger partial charge >= 0.3 is 35.8 Å². The molecule has 1 saturated heterocycles. The molecule has 0 unspecified atom stereocenters. The third-order valence-electron chi connectivity index (χ3n) is 5.24. The number of para-hydroxylation sites is 1. The third kappa shape index (κ3) is 4.25. The van der Waals surface area contributed by atoms with Gasteiger partial charge in [0.15, 0.2) is 0 Å². The van der Waals surface area contributed by atoms with E-state index in [0.29, 0.717) is 23.9 Å². The average molecular weight is 531 g/mol. The van der Waals surface area contributed by atoms with Crippen LogP contribution in [0.2, 0.25) is 0 Å². The molecule has 2 aliphatic rings. The lowest BCUT2D eigenvalue weighted by Crippen LogP contribution is -2.66. The number of alkyl halides is 8. The number of hydrogen-bond donors (Lipinski definition) is 0. The molecular weight excluding hydrogens is 514 g/mol. The lowest BCUT2D eigenvalue weighted by Gasteiger charge is -2.40. The highest BCUT2D eigenvalue weighted by molar-refractivity contribution is 8.03. The molecule has 3 rings (SSSR count). The molecule has 1 aromatic carbocycles. The number of fused-ring (bicyclic) bond motifs is 1. The van der Waals surface area contributed by atoms with Gasteiger partial charge in [0.05, 0.1) is 10.7 Å². The number of carbonyl (C=O) groups excluding carboxylic acids is 2. The Bertz CT molecular complexity index is 1090. The maximum absolute atomic E-state index is 15.0. The fourth-order valence-electron chi connectivity index (χ4n) is 3.05. The summed E-state index contributed by atoms with van der Waals surface area (Å²) in [5.41, 5.74) is -1.48. The number of cyclic esters (lactones) is 2. The molecular formula is C21H17F8NO4S. The summed E-state index contributed by atoms with van der Waals surface area (Å²) >= 11 is 0.393. The van der Waals surface area contributed by atoms with Gasteiger partial charge < -0.3 is 9.47 Å². The summed E-state index contributed by atoms with van der Waals surface area (Å²) in [6, 6.07) is -1.34. The fourth-order valence-corrected chi connectivity index (χ4v) is 4.13. The van der Waals surface area contributed by atoms with Gasteiger partial charge in [0, 0.05) is 25.2 Å². The third-order valence-corrected chi connectivity index (χ3v) is 6.33. The molecule has 192 valence electrons. The van der Waals surface area contributed by atoms with Gasteiger partial charge in [0.2, 0.25) is 0 Å². The zero-order valence-electron chi connectivity index (χ0n) is 18.2. The number of carbonyl (C=O) groups is 2. The van der Waals surface area contributed by atoms with Crippen molar-refractivity contribution < 1.29 is 54.2 Å². The molecule has 35 heavy (non-hydrogen) atoms. The number of rotatable bonds is 6. The number of esters is 2. The minimum Gasteiger partial charge on any atom is -0.419 e. The number of hydrogen-bond acceptors (Lipinski definition) is 6. The average Bonchev–Trinajstić information content (AvgIpc) is 3.11. The second-order valence-corrected chi connectivity index (χ2v) is 8.90. The van der Waals surface area contributed by atoms with Gasteiger partial charge in [-0.05, 0) is 24.3 Å². The van der Waals surface area contributed by atoms with Crippen molar-refractivity contribution in [3.8, 4) is 0 Å². The first-order chi connectivity index (χ1) is 15.9. The normalized spacial score (nSPS) is 22.8. The van der Waals surface area contributed by atoms with Gasteiger partial charge in [-0.2, -0.15) is 35.1 Å². The maximum Gasteiger partial charge on any atom is 0.399 e. The van der Waals surface area contributed by atoms with E-state index in [1.54, 1.807) is 6.92 Å². The molecule has 0 aliphatic carbocycles. The molecule has 0 radical (unpaired) electrons. The second-order valence-electron chi connectivity index (χ2n) is 7.84. The van der Waals surface area contributed by atoms with Crippen LogP contribution in [0.1, 0.15) is 27.2 Å². The quantitative estimate of drug-likeness (QED) is 0.145. The standard InChI is InChI=1S/C21H17F8NO4S/c1-4-17(2)33-15(31)11(16(32)34-17)9-10-14-30(12-7-5-6-8-13(12)35-14)21(28,29)20(26,27)19(24,25)18(3,22)23/h5-10H,4H2,1-3H3. The molecule has 5 nitrogen and oxygen atoms in total. The van der Waals surface area contributed by atoms with Gasteiger partial charge in [-0.25, -0.2) is 9.59 Å². The number of benzene rings is 1. The number of anilines is 1. The summed E-state index contributed by atoms with van der Waals surface area (Å²) in [7, 11) is 0. The van der Waals surface area contributed by atoms with E-state index < -0.39 is 69.7 Å². The summed E-state index contributed by atoms with van der Waals surface area (Å²) in [6.45, 7) is 2.23. The number of halogens is 8. The van der Waals surface area contributed by atoms with Crippen molar-refractivity contribution in [2.24, 2.45) is 0 Å². The fraction of sp³-hybridized carbons (Fsp3) is 0.429. The topological polar surface area (TPSA) is 55.8 Å². The molecule has 1 fully saturated rings. The van der Waals surface area contributed by atoms with Crippen LogP contribution in [0.3, 0.4) is 0 Å². The minimum absolute atomic E-state index is 0.0787. The van der Waals surface area contributed by atoms with Crippen LogP contribution in [-0.2, 0) is 19.1 Å². The van der Waals surface area contributed by atoms with Crippen LogP contribution >= 0.6 is 11.8 Å². The first-order valence-electron chi connectivity index (χ1n) is 9.86. The molecule has 0 amide bonds. The summed E-state index contributed by atoms with van der Waals surface area (Å²) in [5, 5.41) is -0.858. The zero-order chi connectivity index (χ0) is 26.6. The molecule has 0 N–H and O–H groups in total. The number of allylic oxidation sites excluding steroid dienone is 2. The van der Waals surface area contributed by atoms with E-state index in [9.17, 15) is 35.9 Å². The lowest BCUT2D eigenvalue weighted by molar-refractivity contribution is -0.360. The number of ether oxygens (including phenoxy) is 2. The molecule has 0 atom stereocenters. The van der Waals surface area contributed by atoms with Crippen LogP contribution in [0.4, 0.5) is 40.8 Å². The SMILES string of the molecule is CCC1(C)OC(=O)C(=CC=C2Sc3ccccc3N2C(F)(F)C(F)(F)C(F)(F)C(C)(F)F)C(=O)O1. The van der Waals surface area contributed by atoms with Gasteiger partial charge in [-0.3, -0.25) is 4.90 Å². The highest BCUT2D eigenvalue weighted by atomic mass is 32.2. The molecule has 2 heterocycles. The van der Waals surface area contributed by atoms with Crippen molar-refractivity contribution in [3.05, 3.63) is 47.0 Å². The predicted octanol–water partition coefficient (Wildman–Crippen LogP) is 6.11. The smallest absolute Gasteiger partial charge is 0.399 e. The Balaban J connectivity index is 2.10. The molecule has 14 heteroatoms. The van der Waals surface area contributed by atoms with E-state index in [1.807, 2.05) is 0 Å². The van der Waals surface area contributed by atoms with E-state index in [1.165, 1.54) is 19.1 Å². The molecule has 0 aromatic heterocycles. The monoisotopic (exact) mass is 531 g/mol. The van der Waals surface area contributed by atoms with Crippen LogP contribution < -0.4 is 4.90 Å². The summed E-state index contributed by atoms with van der Waals surface area (Å²) in [4.78, 5) is 23.7. The first kappa shape index (κ1) is 26.8. The molecule has 0 spiro atoms. The van der Waals surface area contributed by atoms with Crippen LogP contribution in [0.15, 0.2) is 51.9 Å². The molecule has 2 aliphatic heterocycles. The summed E-state index contributed by atoms with van der Waals surface area (Å²) in [5.74, 6) is -22.5. The largest absolute Gasteiger partial charge is 0.419 e. The number of thioether (sulfide) groups is 1. The Hall–Kier alpha value is -2.77. The van der Waals surface area contributed by atoms with Gasteiger partial charge in [0.1, 0.15) is 5.57 Å². The van der Waals surface area contributed by atoms with Gasteiger partial charge in [-0.15, -0.1) is 0 Å². The van der Waals surface area contributed by atoms with E-state index in [2.05, 4.69) is 0 Å². The van der Waals surface area contributed by atoms with Crippen molar-refractivity contribution >= 4 is 29.4 Å². The van der Waals surface area contributed by atoms with Crippen molar-refractivity contribution in [2.45, 2.75) is 61.7 Å². The van der Waals surface area contributed by atoms with E-state index in [-0.39, 0.29) is 11.3 Å².